The minimum atomic E-state index is 0.158. The predicted molar refractivity (Wildman–Crippen MR) is 64.3 cm³/mol. The summed E-state index contributed by atoms with van der Waals surface area (Å²) in [6.45, 7) is 2.83. The van der Waals surface area contributed by atoms with Crippen LogP contribution in [-0.4, -0.2) is 29.6 Å². The summed E-state index contributed by atoms with van der Waals surface area (Å²) in [5, 5.41) is 0. The lowest BCUT2D eigenvalue weighted by Gasteiger charge is -2.21. The zero-order valence-electron chi connectivity index (χ0n) is 8.84. The van der Waals surface area contributed by atoms with E-state index >= 15 is 0 Å². The van der Waals surface area contributed by atoms with Gasteiger partial charge in [-0.25, -0.2) is 9.97 Å². The molecule has 15 heavy (non-hydrogen) atoms. The van der Waals surface area contributed by atoms with Gasteiger partial charge in [-0.05, 0) is 13.0 Å². The second kappa shape index (κ2) is 4.12. The number of nitrogens with two attached hydrogens (primary N) is 1. The number of rotatable bonds is 3. The van der Waals surface area contributed by atoms with Gasteiger partial charge in [-0.3, -0.25) is 0 Å². The lowest BCUT2D eigenvalue weighted by atomic mass is 10.3. The number of fused-ring (bicyclic) bond motifs is 1. The lowest BCUT2D eigenvalue weighted by Crippen LogP contribution is -2.32. The Labute approximate surface area is 92.8 Å². The highest BCUT2D eigenvalue weighted by Crippen LogP contribution is 2.27. The maximum Gasteiger partial charge on any atom is 0.172 e. The maximum atomic E-state index is 5.78. The van der Waals surface area contributed by atoms with E-state index in [4.69, 9.17) is 5.73 Å². The smallest absolute Gasteiger partial charge is 0.172 e. The van der Waals surface area contributed by atoms with E-state index in [2.05, 4.69) is 14.9 Å². The largest absolute Gasteiger partial charge is 0.372 e. The van der Waals surface area contributed by atoms with Crippen molar-refractivity contribution in [2.24, 2.45) is 5.73 Å². The van der Waals surface area contributed by atoms with Gasteiger partial charge in [0.1, 0.15) is 0 Å². The minimum absolute atomic E-state index is 0.158. The first-order chi connectivity index (χ1) is 7.18. The van der Waals surface area contributed by atoms with E-state index in [1.54, 1.807) is 17.5 Å². The molecule has 0 fully saturated rings. The molecule has 5 heteroatoms. The molecule has 0 spiro atoms. The summed E-state index contributed by atoms with van der Waals surface area (Å²) in [5.41, 5.74) is 9.57. The molecule has 0 aliphatic heterocycles. The number of anilines is 1. The summed E-state index contributed by atoms with van der Waals surface area (Å²) in [7, 11) is 2.04. The Morgan fingerprint density at radius 3 is 3.07 bits per heavy atom. The molecule has 80 valence electrons. The highest BCUT2D eigenvalue weighted by Gasteiger charge is 2.09. The molecule has 2 rings (SSSR count). The minimum Gasteiger partial charge on any atom is -0.372 e. The Balaban J connectivity index is 2.38. The molecule has 0 saturated heterocycles. The molecule has 0 amide bonds. The zero-order valence-corrected chi connectivity index (χ0v) is 9.66. The van der Waals surface area contributed by atoms with Gasteiger partial charge in [0, 0.05) is 25.8 Å². The molecule has 2 N–H and O–H groups in total. The van der Waals surface area contributed by atoms with Crippen molar-refractivity contribution in [1.29, 1.82) is 0 Å². The van der Waals surface area contributed by atoms with E-state index in [-0.39, 0.29) is 6.04 Å². The third-order valence-corrected chi connectivity index (χ3v) is 3.02. The Bertz CT molecular complexity index is 451. The second-order valence-corrected chi connectivity index (χ2v) is 4.55. The third kappa shape index (κ3) is 2.08. The highest BCUT2D eigenvalue weighted by molar-refractivity contribution is 7.17. The first kappa shape index (κ1) is 10.3. The number of thiazole rings is 1. The summed E-state index contributed by atoms with van der Waals surface area (Å²) in [5.74, 6) is 0. The van der Waals surface area contributed by atoms with Crippen molar-refractivity contribution >= 4 is 27.4 Å². The normalized spacial score (nSPS) is 13.0. The number of nitrogens with zero attached hydrogens (tertiary/aromatic N) is 3. The Kier molecular flexibility index (Phi) is 2.83. The Morgan fingerprint density at radius 1 is 1.53 bits per heavy atom. The van der Waals surface area contributed by atoms with Gasteiger partial charge < -0.3 is 10.6 Å². The summed E-state index contributed by atoms with van der Waals surface area (Å²) < 4.78 is 1.13. The number of likely N-dealkylation sites (N-methyl/N-ethyl adjacent to an activating group) is 1. The summed E-state index contributed by atoms with van der Waals surface area (Å²) in [6.07, 6.45) is 1.79. The molecular formula is C10H14N4S. The van der Waals surface area contributed by atoms with Crippen LogP contribution in [0, 0.1) is 0 Å². The summed E-state index contributed by atoms with van der Waals surface area (Å²) in [4.78, 5) is 10.5. The van der Waals surface area contributed by atoms with Gasteiger partial charge in [0.2, 0.25) is 0 Å². The number of pyridine rings is 1. The van der Waals surface area contributed by atoms with E-state index in [0.29, 0.717) is 0 Å². The van der Waals surface area contributed by atoms with Crippen LogP contribution in [0.2, 0.25) is 0 Å². The van der Waals surface area contributed by atoms with Crippen LogP contribution >= 0.6 is 11.3 Å². The fourth-order valence-corrected chi connectivity index (χ4v) is 2.41. The predicted octanol–water partition coefficient (Wildman–Crippen LogP) is 1.47. The molecule has 0 bridgehead atoms. The first-order valence-electron chi connectivity index (χ1n) is 4.83. The molecule has 4 nitrogen and oxygen atoms in total. The topological polar surface area (TPSA) is 55.0 Å². The van der Waals surface area contributed by atoms with E-state index in [9.17, 15) is 0 Å². The van der Waals surface area contributed by atoms with E-state index < -0.39 is 0 Å². The molecule has 0 radical (unpaired) electrons. The monoisotopic (exact) mass is 222 g/mol. The van der Waals surface area contributed by atoms with Gasteiger partial charge in [-0.2, -0.15) is 0 Å². The Morgan fingerprint density at radius 2 is 2.33 bits per heavy atom. The second-order valence-electron chi connectivity index (χ2n) is 3.69. The van der Waals surface area contributed by atoms with Gasteiger partial charge >= 0.3 is 0 Å². The van der Waals surface area contributed by atoms with Crippen LogP contribution in [0.1, 0.15) is 6.92 Å². The number of aromatic nitrogens is 2. The van der Waals surface area contributed by atoms with E-state index in [1.165, 1.54) is 0 Å². The molecule has 2 aromatic heterocycles. The zero-order chi connectivity index (χ0) is 10.8. The van der Waals surface area contributed by atoms with Crippen molar-refractivity contribution in [2.45, 2.75) is 13.0 Å². The van der Waals surface area contributed by atoms with Crippen LogP contribution in [0.4, 0.5) is 5.69 Å². The highest BCUT2D eigenvalue weighted by atomic mass is 32.1. The molecule has 0 aliphatic rings. The maximum absolute atomic E-state index is 5.78. The van der Waals surface area contributed by atoms with Crippen LogP contribution in [0.5, 0.6) is 0 Å². The van der Waals surface area contributed by atoms with Crippen molar-refractivity contribution in [3.8, 4) is 0 Å². The van der Waals surface area contributed by atoms with Crippen molar-refractivity contribution in [2.75, 3.05) is 18.5 Å². The van der Waals surface area contributed by atoms with Gasteiger partial charge in [0.05, 0.1) is 15.9 Å². The third-order valence-electron chi connectivity index (χ3n) is 2.18. The van der Waals surface area contributed by atoms with Crippen LogP contribution in [0.3, 0.4) is 0 Å². The number of hydrogen-bond donors (Lipinski definition) is 1. The SMILES string of the molecule is CC(N)CN(C)c1ccnc2ncsc12. The van der Waals surface area contributed by atoms with Crippen molar-refractivity contribution in [1.82, 2.24) is 9.97 Å². The molecule has 1 unspecified atom stereocenters. The van der Waals surface area contributed by atoms with Crippen LogP contribution in [-0.2, 0) is 0 Å². The van der Waals surface area contributed by atoms with Gasteiger partial charge in [-0.15, -0.1) is 11.3 Å². The van der Waals surface area contributed by atoms with Gasteiger partial charge in [0.15, 0.2) is 5.65 Å². The number of hydrogen-bond acceptors (Lipinski definition) is 5. The van der Waals surface area contributed by atoms with Gasteiger partial charge in [0.25, 0.3) is 0 Å². The fraction of sp³-hybridized carbons (Fsp3) is 0.400. The van der Waals surface area contributed by atoms with Gasteiger partial charge in [-0.1, -0.05) is 0 Å². The van der Waals surface area contributed by atoms with Crippen molar-refractivity contribution in [3.63, 3.8) is 0 Å². The average molecular weight is 222 g/mol. The average Bonchev–Trinajstić information content (AvgIpc) is 2.63. The molecule has 0 aliphatic carbocycles. The van der Waals surface area contributed by atoms with E-state index in [1.807, 2.05) is 25.5 Å². The molecule has 2 heterocycles. The Hall–Kier alpha value is -1.20. The summed E-state index contributed by atoms with van der Waals surface area (Å²) in [6, 6.07) is 2.16. The fourth-order valence-electron chi connectivity index (χ4n) is 1.59. The standard InChI is InChI=1S/C10H14N4S/c1-7(11)5-14(2)8-3-4-12-10-9(8)15-6-13-10/h3-4,6-7H,5,11H2,1-2H3. The summed E-state index contributed by atoms with van der Waals surface area (Å²) >= 11 is 1.61. The van der Waals surface area contributed by atoms with Crippen molar-refractivity contribution in [3.05, 3.63) is 17.8 Å². The van der Waals surface area contributed by atoms with Crippen LogP contribution in [0.15, 0.2) is 17.8 Å². The molecule has 0 saturated carbocycles. The molecule has 2 aromatic rings. The molecule has 1 atom stereocenters. The van der Waals surface area contributed by atoms with E-state index in [0.717, 1.165) is 22.6 Å². The van der Waals surface area contributed by atoms with Crippen LogP contribution in [0.25, 0.3) is 10.3 Å². The van der Waals surface area contributed by atoms with Crippen LogP contribution < -0.4 is 10.6 Å². The lowest BCUT2D eigenvalue weighted by molar-refractivity contribution is 0.719. The molecular weight excluding hydrogens is 208 g/mol. The quantitative estimate of drug-likeness (QED) is 0.854. The van der Waals surface area contributed by atoms with Crippen molar-refractivity contribution < 1.29 is 0 Å². The molecule has 0 aromatic carbocycles. The first-order valence-corrected chi connectivity index (χ1v) is 5.71.